The Morgan fingerprint density at radius 3 is 2.60 bits per heavy atom. The molecule has 0 radical (unpaired) electrons. The SMILES string of the molecule is CCn1cncc1C(O)C1(C#N)Cc2ccccc2C1. The van der Waals surface area contributed by atoms with Crippen LogP contribution in [0.3, 0.4) is 0 Å². The van der Waals surface area contributed by atoms with Crippen molar-refractivity contribution in [3.63, 3.8) is 0 Å². The molecule has 0 amide bonds. The van der Waals surface area contributed by atoms with E-state index in [4.69, 9.17) is 0 Å². The first kappa shape index (κ1) is 12.9. The van der Waals surface area contributed by atoms with Gasteiger partial charge in [0.1, 0.15) is 6.10 Å². The maximum Gasteiger partial charge on any atom is 0.115 e. The number of nitrogens with zero attached hydrogens (tertiary/aromatic N) is 3. The fourth-order valence-electron chi connectivity index (χ4n) is 3.08. The van der Waals surface area contributed by atoms with E-state index in [1.54, 1.807) is 12.5 Å². The summed E-state index contributed by atoms with van der Waals surface area (Å²) in [6.45, 7) is 2.74. The second-order valence-electron chi connectivity index (χ2n) is 5.40. The average molecular weight is 267 g/mol. The molecule has 1 aromatic carbocycles. The predicted molar refractivity (Wildman–Crippen MR) is 74.8 cm³/mol. The van der Waals surface area contributed by atoms with E-state index < -0.39 is 11.5 Å². The third-order valence-corrected chi connectivity index (χ3v) is 4.24. The molecule has 20 heavy (non-hydrogen) atoms. The Kier molecular flexibility index (Phi) is 3.07. The lowest BCUT2D eigenvalue weighted by atomic mass is 9.79. The van der Waals surface area contributed by atoms with E-state index in [1.807, 2.05) is 35.8 Å². The van der Waals surface area contributed by atoms with Gasteiger partial charge in [0.05, 0.1) is 29.7 Å². The number of aromatic nitrogens is 2. The van der Waals surface area contributed by atoms with Crippen molar-refractivity contribution in [1.82, 2.24) is 9.55 Å². The summed E-state index contributed by atoms with van der Waals surface area (Å²) in [4.78, 5) is 4.09. The first-order valence-corrected chi connectivity index (χ1v) is 6.86. The van der Waals surface area contributed by atoms with Gasteiger partial charge in [0, 0.05) is 6.54 Å². The molecule has 102 valence electrons. The van der Waals surface area contributed by atoms with E-state index in [-0.39, 0.29) is 0 Å². The normalized spacial score (nSPS) is 17.4. The third-order valence-electron chi connectivity index (χ3n) is 4.24. The molecule has 0 saturated heterocycles. The van der Waals surface area contributed by atoms with Crippen LogP contribution in [-0.4, -0.2) is 14.7 Å². The Labute approximate surface area is 118 Å². The number of aryl methyl sites for hydroxylation is 1. The van der Waals surface area contributed by atoms with E-state index in [0.29, 0.717) is 12.8 Å². The van der Waals surface area contributed by atoms with Crippen LogP contribution in [-0.2, 0) is 19.4 Å². The minimum Gasteiger partial charge on any atom is -0.385 e. The van der Waals surface area contributed by atoms with Crippen LogP contribution in [0.25, 0.3) is 0 Å². The Hall–Kier alpha value is -2.12. The highest BCUT2D eigenvalue weighted by atomic mass is 16.3. The van der Waals surface area contributed by atoms with Gasteiger partial charge in [-0.25, -0.2) is 4.98 Å². The molecule has 0 spiro atoms. The molecule has 4 nitrogen and oxygen atoms in total. The van der Waals surface area contributed by atoms with E-state index >= 15 is 0 Å². The summed E-state index contributed by atoms with van der Waals surface area (Å²) < 4.78 is 1.90. The van der Waals surface area contributed by atoms with E-state index in [0.717, 1.165) is 23.4 Å². The number of rotatable bonds is 3. The molecule has 1 aliphatic rings. The Balaban J connectivity index is 1.98. The summed E-state index contributed by atoms with van der Waals surface area (Å²) in [5.74, 6) is 0. The van der Waals surface area contributed by atoms with Crippen LogP contribution in [0, 0.1) is 16.7 Å². The van der Waals surface area contributed by atoms with Crippen LogP contribution in [0.1, 0.15) is 29.8 Å². The summed E-state index contributed by atoms with van der Waals surface area (Å²) in [5.41, 5.74) is 2.27. The van der Waals surface area contributed by atoms with Gasteiger partial charge in [-0.05, 0) is 30.9 Å². The highest BCUT2D eigenvalue weighted by Crippen LogP contribution is 2.45. The van der Waals surface area contributed by atoms with E-state index in [1.165, 1.54) is 0 Å². The predicted octanol–water partition coefficient (Wildman–Crippen LogP) is 2.25. The van der Waals surface area contributed by atoms with Gasteiger partial charge in [0.15, 0.2) is 0 Å². The molecule has 0 bridgehead atoms. The summed E-state index contributed by atoms with van der Waals surface area (Å²) >= 11 is 0. The second-order valence-corrected chi connectivity index (χ2v) is 5.40. The van der Waals surface area contributed by atoms with Crippen molar-refractivity contribution in [3.05, 3.63) is 53.6 Å². The van der Waals surface area contributed by atoms with Crippen LogP contribution in [0.4, 0.5) is 0 Å². The van der Waals surface area contributed by atoms with Gasteiger partial charge in [-0.1, -0.05) is 24.3 Å². The Morgan fingerprint density at radius 1 is 1.40 bits per heavy atom. The highest BCUT2D eigenvalue weighted by Gasteiger charge is 2.45. The molecule has 0 fully saturated rings. The number of hydrogen-bond donors (Lipinski definition) is 1. The van der Waals surface area contributed by atoms with Crippen LogP contribution < -0.4 is 0 Å². The number of fused-ring (bicyclic) bond motifs is 1. The summed E-state index contributed by atoms with van der Waals surface area (Å²) in [5, 5.41) is 20.4. The number of nitriles is 1. The molecule has 2 aromatic rings. The number of benzene rings is 1. The van der Waals surface area contributed by atoms with Crippen molar-refractivity contribution in [3.8, 4) is 6.07 Å². The van der Waals surface area contributed by atoms with Gasteiger partial charge in [0.2, 0.25) is 0 Å². The summed E-state index contributed by atoms with van der Waals surface area (Å²) in [6, 6.07) is 10.4. The number of imidazole rings is 1. The molecule has 0 saturated carbocycles. The van der Waals surface area contributed by atoms with Gasteiger partial charge in [-0.3, -0.25) is 0 Å². The molecule has 1 atom stereocenters. The Morgan fingerprint density at radius 2 is 2.05 bits per heavy atom. The van der Waals surface area contributed by atoms with Crippen molar-refractivity contribution >= 4 is 0 Å². The van der Waals surface area contributed by atoms with Crippen molar-refractivity contribution in [2.75, 3.05) is 0 Å². The largest absolute Gasteiger partial charge is 0.385 e. The molecule has 1 unspecified atom stereocenters. The molecule has 1 aliphatic carbocycles. The minimum atomic E-state index is -0.817. The zero-order chi connectivity index (χ0) is 14.2. The quantitative estimate of drug-likeness (QED) is 0.927. The zero-order valence-electron chi connectivity index (χ0n) is 11.5. The summed E-state index contributed by atoms with van der Waals surface area (Å²) in [7, 11) is 0. The van der Waals surface area contributed by atoms with Crippen molar-refractivity contribution in [1.29, 1.82) is 5.26 Å². The molecule has 1 aromatic heterocycles. The van der Waals surface area contributed by atoms with Crippen LogP contribution in [0.2, 0.25) is 0 Å². The standard InChI is InChI=1S/C16H17N3O/c1-2-19-11-18-9-14(19)15(20)16(10-17)7-12-5-3-4-6-13(12)8-16/h3-6,9,11,15,20H,2,7-8H2,1H3. The van der Waals surface area contributed by atoms with Crippen molar-refractivity contribution < 1.29 is 5.11 Å². The lowest BCUT2D eigenvalue weighted by Crippen LogP contribution is -2.29. The van der Waals surface area contributed by atoms with E-state index in [9.17, 15) is 10.4 Å². The smallest absolute Gasteiger partial charge is 0.115 e. The molecule has 1 heterocycles. The maximum atomic E-state index is 10.8. The lowest BCUT2D eigenvalue weighted by Gasteiger charge is -2.27. The number of aliphatic hydroxyl groups is 1. The summed E-state index contributed by atoms with van der Waals surface area (Å²) in [6.07, 6.45) is 3.73. The van der Waals surface area contributed by atoms with E-state index in [2.05, 4.69) is 11.1 Å². The molecule has 4 heteroatoms. The highest BCUT2D eigenvalue weighted by molar-refractivity contribution is 5.38. The molecule has 0 aliphatic heterocycles. The fourth-order valence-corrected chi connectivity index (χ4v) is 3.08. The molecular weight excluding hydrogens is 250 g/mol. The minimum absolute atomic E-state index is 0.593. The van der Waals surface area contributed by atoms with Gasteiger partial charge < -0.3 is 9.67 Å². The number of aliphatic hydroxyl groups excluding tert-OH is 1. The average Bonchev–Trinajstić information content (AvgIpc) is 3.10. The Bertz CT molecular complexity index is 643. The topological polar surface area (TPSA) is 61.8 Å². The van der Waals surface area contributed by atoms with Gasteiger partial charge in [-0.15, -0.1) is 0 Å². The van der Waals surface area contributed by atoms with Crippen molar-refractivity contribution in [2.45, 2.75) is 32.4 Å². The first-order chi connectivity index (χ1) is 9.70. The third kappa shape index (κ3) is 1.83. The second kappa shape index (κ2) is 4.77. The molecular formula is C16H17N3O. The van der Waals surface area contributed by atoms with Gasteiger partial charge >= 0.3 is 0 Å². The van der Waals surface area contributed by atoms with Gasteiger partial charge in [0.25, 0.3) is 0 Å². The zero-order valence-corrected chi connectivity index (χ0v) is 11.5. The van der Waals surface area contributed by atoms with Gasteiger partial charge in [-0.2, -0.15) is 5.26 Å². The maximum absolute atomic E-state index is 10.8. The number of hydrogen-bond acceptors (Lipinski definition) is 3. The molecule has 3 rings (SSSR count). The van der Waals surface area contributed by atoms with Crippen LogP contribution in [0.15, 0.2) is 36.8 Å². The first-order valence-electron chi connectivity index (χ1n) is 6.86. The fraction of sp³-hybridized carbons (Fsp3) is 0.375. The molecule has 1 N–H and O–H groups in total. The van der Waals surface area contributed by atoms with Crippen molar-refractivity contribution in [2.24, 2.45) is 5.41 Å². The van der Waals surface area contributed by atoms with Crippen LogP contribution >= 0.6 is 0 Å². The lowest BCUT2D eigenvalue weighted by molar-refractivity contribution is 0.0624. The monoisotopic (exact) mass is 267 g/mol. The van der Waals surface area contributed by atoms with Crippen LogP contribution in [0.5, 0.6) is 0 Å².